The second kappa shape index (κ2) is 13.6. The Morgan fingerprint density at radius 1 is 0.765 bits per heavy atom. The standard InChI is InChI=1S/C28H31FO5/c1-21(29)26(32-18-22-12-6-3-7-13-22)27(33-19-23-14-8-4-9-15-23)25(31-2)20-34-28(30)24-16-10-5-11-17-24/h3-17,21,25-27H,18-20H2,1-2H3. The Labute approximate surface area is 200 Å². The van der Waals surface area contributed by atoms with Gasteiger partial charge >= 0.3 is 5.97 Å². The second-order valence-corrected chi connectivity index (χ2v) is 7.94. The molecule has 0 N–H and O–H groups in total. The summed E-state index contributed by atoms with van der Waals surface area (Å²) in [7, 11) is 1.48. The molecule has 0 radical (unpaired) electrons. The zero-order chi connectivity index (χ0) is 24.2. The molecule has 0 bridgehead atoms. The fourth-order valence-electron chi connectivity index (χ4n) is 3.55. The van der Waals surface area contributed by atoms with E-state index in [-0.39, 0.29) is 19.8 Å². The van der Waals surface area contributed by atoms with Crippen LogP contribution in [0.1, 0.15) is 28.4 Å². The number of halogens is 1. The van der Waals surface area contributed by atoms with Crippen LogP contribution in [0.3, 0.4) is 0 Å². The normalized spacial score (nSPS) is 14.7. The molecule has 0 aromatic heterocycles. The molecule has 0 fully saturated rings. The molecular formula is C28H31FO5. The first-order valence-electron chi connectivity index (χ1n) is 11.3. The van der Waals surface area contributed by atoms with E-state index in [0.717, 1.165) is 11.1 Å². The molecule has 0 heterocycles. The van der Waals surface area contributed by atoms with Gasteiger partial charge in [-0.05, 0) is 30.2 Å². The van der Waals surface area contributed by atoms with Gasteiger partial charge in [-0.3, -0.25) is 0 Å². The van der Waals surface area contributed by atoms with Crippen molar-refractivity contribution in [3.8, 4) is 0 Å². The van der Waals surface area contributed by atoms with Crippen molar-refractivity contribution < 1.29 is 28.1 Å². The maximum absolute atomic E-state index is 14.8. The average molecular weight is 467 g/mol. The van der Waals surface area contributed by atoms with Gasteiger partial charge in [-0.1, -0.05) is 78.9 Å². The van der Waals surface area contributed by atoms with Crippen molar-refractivity contribution in [1.29, 1.82) is 0 Å². The highest BCUT2D eigenvalue weighted by Gasteiger charge is 2.36. The summed E-state index contributed by atoms with van der Waals surface area (Å²) in [5, 5.41) is 0. The van der Waals surface area contributed by atoms with E-state index >= 15 is 0 Å². The number of hydrogen-bond acceptors (Lipinski definition) is 5. The minimum Gasteiger partial charge on any atom is -0.459 e. The fourth-order valence-corrected chi connectivity index (χ4v) is 3.55. The number of rotatable bonds is 13. The molecular weight excluding hydrogens is 435 g/mol. The van der Waals surface area contributed by atoms with Crippen LogP contribution in [0.5, 0.6) is 0 Å². The largest absolute Gasteiger partial charge is 0.459 e. The molecule has 6 heteroatoms. The van der Waals surface area contributed by atoms with Gasteiger partial charge in [-0.2, -0.15) is 0 Å². The Morgan fingerprint density at radius 3 is 1.71 bits per heavy atom. The van der Waals surface area contributed by atoms with Gasteiger partial charge in [0.2, 0.25) is 0 Å². The lowest BCUT2D eigenvalue weighted by molar-refractivity contribution is -0.166. The summed E-state index contributed by atoms with van der Waals surface area (Å²) in [4.78, 5) is 12.5. The molecule has 0 saturated heterocycles. The summed E-state index contributed by atoms with van der Waals surface area (Å²) >= 11 is 0. The van der Waals surface area contributed by atoms with E-state index in [9.17, 15) is 9.18 Å². The van der Waals surface area contributed by atoms with E-state index in [1.165, 1.54) is 14.0 Å². The van der Waals surface area contributed by atoms with Gasteiger partial charge < -0.3 is 18.9 Å². The van der Waals surface area contributed by atoms with Gasteiger partial charge in [0.25, 0.3) is 0 Å². The van der Waals surface area contributed by atoms with Crippen LogP contribution in [0, 0.1) is 0 Å². The van der Waals surface area contributed by atoms with Gasteiger partial charge in [0.05, 0.1) is 18.8 Å². The molecule has 5 nitrogen and oxygen atoms in total. The van der Waals surface area contributed by atoms with Crippen LogP contribution in [-0.2, 0) is 32.2 Å². The molecule has 180 valence electrons. The number of hydrogen-bond donors (Lipinski definition) is 0. The summed E-state index contributed by atoms with van der Waals surface area (Å²) in [6.45, 7) is 1.76. The highest BCUT2D eigenvalue weighted by atomic mass is 19.1. The van der Waals surface area contributed by atoms with Crippen LogP contribution in [0.2, 0.25) is 0 Å². The minimum absolute atomic E-state index is 0.110. The number of carbonyl (C=O) groups is 1. The minimum atomic E-state index is -1.35. The predicted octanol–water partition coefficient (Wildman–Crippen LogP) is 5.39. The third-order valence-corrected chi connectivity index (χ3v) is 5.40. The topological polar surface area (TPSA) is 54.0 Å². The Hall–Kier alpha value is -3.06. The van der Waals surface area contributed by atoms with Crippen LogP contribution in [0.15, 0.2) is 91.0 Å². The van der Waals surface area contributed by atoms with Gasteiger partial charge in [0.1, 0.15) is 31.1 Å². The molecule has 0 saturated carbocycles. The zero-order valence-electron chi connectivity index (χ0n) is 19.5. The molecule has 3 aromatic carbocycles. The Bertz CT molecular complexity index is 966. The number of alkyl halides is 1. The SMILES string of the molecule is COC(COC(=O)c1ccccc1)C(OCc1ccccc1)C(OCc1ccccc1)C(C)F. The second-order valence-electron chi connectivity index (χ2n) is 7.94. The monoisotopic (exact) mass is 466 g/mol. The summed E-state index contributed by atoms with van der Waals surface area (Å²) in [5.41, 5.74) is 2.27. The lowest BCUT2D eigenvalue weighted by atomic mass is 10.0. The maximum Gasteiger partial charge on any atom is 0.338 e. The van der Waals surface area contributed by atoms with Crippen LogP contribution in [0.4, 0.5) is 4.39 Å². The van der Waals surface area contributed by atoms with E-state index in [4.69, 9.17) is 18.9 Å². The van der Waals surface area contributed by atoms with Gasteiger partial charge in [0.15, 0.2) is 0 Å². The quantitative estimate of drug-likeness (QED) is 0.316. The van der Waals surface area contributed by atoms with Crippen molar-refractivity contribution in [2.24, 2.45) is 0 Å². The summed E-state index contributed by atoms with van der Waals surface area (Å²) in [5.74, 6) is -0.487. The Kier molecular flexibility index (Phi) is 10.2. The van der Waals surface area contributed by atoms with E-state index in [1.54, 1.807) is 24.3 Å². The van der Waals surface area contributed by atoms with Crippen LogP contribution < -0.4 is 0 Å². The van der Waals surface area contributed by atoms with Crippen molar-refractivity contribution >= 4 is 5.97 Å². The number of carbonyl (C=O) groups excluding carboxylic acids is 1. The smallest absolute Gasteiger partial charge is 0.338 e. The number of benzene rings is 3. The zero-order valence-corrected chi connectivity index (χ0v) is 19.5. The lowest BCUT2D eigenvalue weighted by Gasteiger charge is -2.33. The van der Waals surface area contributed by atoms with E-state index < -0.39 is 30.5 Å². The van der Waals surface area contributed by atoms with Crippen LogP contribution in [0.25, 0.3) is 0 Å². The molecule has 3 aromatic rings. The number of methoxy groups -OCH3 is 1. The van der Waals surface area contributed by atoms with Gasteiger partial charge in [0, 0.05) is 7.11 Å². The summed E-state index contributed by atoms with van der Waals surface area (Å²) in [6, 6.07) is 27.8. The molecule has 4 atom stereocenters. The molecule has 0 aliphatic carbocycles. The van der Waals surface area contributed by atoms with Gasteiger partial charge in [-0.15, -0.1) is 0 Å². The van der Waals surface area contributed by atoms with E-state index in [0.29, 0.717) is 5.56 Å². The van der Waals surface area contributed by atoms with Crippen molar-refractivity contribution in [2.45, 2.75) is 44.6 Å². The molecule has 34 heavy (non-hydrogen) atoms. The molecule has 0 spiro atoms. The summed E-state index contributed by atoms with van der Waals surface area (Å²) in [6.07, 6.45) is -3.86. The predicted molar refractivity (Wildman–Crippen MR) is 128 cm³/mol. The van der Waals surface area contributed by atoms with E-state index in [2.05, 4.69) is 0 Å². The average Bonchev–Trinajstić information content (AvgIpc) is 2.88. The first-order chi connectivity index (χ1) is 16.6. The van der Waals surface area contributed by atoms with Crippen molar-refractivity contribution in [2.75, 3.05) is 13.7 Å². The van der Waals surface area contributed by atoms with Crippen molar-refractivity contribution in [3.63, 3.8) is 0 Å². The lowest BCUT2D eigenvalue weighted by Crippen LogP contribution is -2.48. The Balaban J connectivity index is 1.75. The molecule has 4 unspecified atom stereocenters. The van der Waals surface area contributed by atoms with Crippen molar-refractivity contribution in [1.82, 2.24) is 0 Å². The Morgan fingerprint density at radius 2 is 1.24 bits per heavy atom. The third-order valence-electron chi connectivity index (χ3n) is 5.40. The number of ether oxygens (including phenoxy) is 4. The highest BCUT2D eigenvalue weighted by molar-refractivity contribution is 5.89. The maximum atomic E-state index is 14.8. The van der Waals surface area contributed by atoms with Gasteiger partial charge in [-0.25, -0.2) is 9.18 Å². The highest BCUT2D eigenvalue weighted by Crippen LogP contribution is 2.21. The first kappa shape index (κ1) is 25.6. The first-order valence-corrected chi connectivity index (χ1v) is 11.3. The van der Waals surface area contributed by atoms with Crippen molar-refractivity contribution in [3.05, 3.63) is 108 Å². The third kappa shape index (κ3) is 7.76. The molecule has 3 rings (SSSR count). The molecule has 0 aliphatic heterocycles. The molecule has 0 aliphatic rings. The number of esters is 1. The van der Waals surface area contributed by atoms with Crippen LogP contribution in [-0.4, -0.2) is 44.2 Å². The fraction of sp³-hybridized carbons (Fsp3) is 0.321. The van der Waals surface area contributed by atoms with Crippen LogP contribution >= 0.6 is 0 Å². The van der Waals surface area contributed by atoms with E-state index in [1.807, 2.05) is 66.7 Å². The molecule has 0 amide bonds. The summed E-state index contributed by atoms with van der Waals surface area (Å²) < 4.78 is 38.1.